The van der Waals surface area contributed by atoms with Crippen LogP contribution in [-0.2, 0) is 11.2 Å². The molecule has 0 spiro atoms. The Kier molecular flexibility index (Phi) is 4.36. The Morgan fingerprint density at radius 2 is 1.96 bits per heavy atom. The average Bonchev–Trinajstić information content (AvgIpc) is 2.83. The lowest BCUT2D eigenvalue weighted by Gasteiger charge is -2.31. The van der Waals surface area contributed by atoms with Crippen LogP contribution in [0.2, 0.25) is 0 Å². The van der Waals surface area contributed by atoms with E-state index < -0.39 is 30.2 Å². The first-order valence-electron chi connectivity index (χ1n) is 7.99. The first-order valence-corrected chi connectivity index (χ1v) is 7.99. The van der Waals surface area contributed by atoms with Crippen LogP contribution in [0.1, 0.15) is 42.9 Å². The molecule has 0 bridgehead atoms. The summed E-state index contributed by atoms with van der Waals surface area (Å²) in [5.41, 5.74) is 1.83. The fourth-order valence-electron chi connectivity index (χ4n) is 3.74. The smallest absolute Gasteiger partial charge is 0.390 e. The molecule has 1 aromatic carbocycles. The molecule has 4 unspecified atom stereocenters. The van der Waals surface area contributed by atoms with Gasteiger partial charge in [0.2, 0.25) is 5.91 Å². The molecule has 0 aliphatic heterocycles. The molecule has 0 aromatic heterocycles. The number of aliphatic hydroxyl groups excluding tert-OH is 1. The van der Waals surface area contributed by atoms with Gasteiger partial charge in [0.1, 0.15) is 0 Å². The van der Waals surface area contributed by atoms with E-state index in [1.54, 1.807) is 0 Å². The van der Waals surface area contributed by atoms with Gasteiger partial charge in [0, 0.05) is 12.3 Å². The summed E-state index contributed by atoms with van der Waals surface area (Å²) in [4.78, 5) is 12.4. The Labute approximate surface area is 132 Å². The molecule has 3 rings (SSSR count). The number of fused-ring (bicyclic) bond motifs is 1. The number of amides is 1. The molecule has 1 fully saturated rings. The molecule has 2 aliphatic carbocycles. The van der Waals surface area contributed by atoms with Crippen molar-refractivity contribution in [2.45, 2.75) is 50.4 Å². The van der Waals surface area contributed by atoms with E-state index in [1.807, 2.05) is 24.3 Å². The van der Waals surface area contributed by atoms with E-state index in [1.165, 1.54) is 0 Å². The van der Waals surface area contributed by atoms with E-state index in [0.29, 0.717) is 19.3 Å². The molecule has 2 aliphatic rings. The van der Waals surface area contributed by atoms with E-state index in [-0.39, 0.29) is 18.7 Å². The molecule has 6 heteroatoms. The maximum absolute atomic E-state index is 12.9. The number of nitrogens with one attached hydrogen (secondary N) is 1. The summed E-state index contributed by atoms with van der Waals surface area (Å²) in [5.74, 6) is -2.40. The molecule has 23 heavy (non-hydrogen) atoms. The van der Waals surface area contributed by atoms with Crippen LogP contribution in [0.25, 0.3) is 0 Å². The summed E-state index contributed by atoms with van der Waals surface area (Å²) >= 11 is 0. The number of rotatable bonds is 2. The van der Waals surface area contributed by atoms with Crippen molar-refractivity contribution in [3.63, 3.8) is 0 Å². The van der Waals surface area contributed by atoms with Gasteiger partial charge in [0.15, 0.2) is 0 Å². The van der Waals surface area contributed by atoms with Crippen molar-refractivity contribution in [3.05, 3.63) is 35.4 Å². The van der Waals surface area contributed by atoms with Crippen LogP contribution in [0.4, 0.5) is 13.2 Å². The third-order valence-corrected chi connectivity index (χ3v) is 5.01. The van der Waals surface area contributed by atoms with Crippen LogP contribution in [0.3, 0.4) is 0 Å². The van der Waals surface area contributed by atoms with Gasteiger partial charge >= 0.3 is 6.18 Å². The van der Waals surface area contributed by atoms with Gasteiger partial charge in [-0.15, -0.1) is 0 Å². The van der Waals surface area contributed by atoms with Crippen molar-refractivity contribution in [1.29, 1.82) is 0 Å². The molecular weight excluding hydrogens is 307 g/mol. The van der Waals surface area contributed by atoms with E-state index >= 15 is 0 Å². The molecule has 1 amide bonds. The van der Waals surface area contributed by atoms with E-state index in [9.17, 15) is 23.1 Å². The van der Waals surface area contributed by atoms with Gasteiger partial charge in [-0.2, -0.15) is 13.2 Å². The maximum Gasteiger partial charge on any atom is 0.391 e. The Morgan fingerprint density at radius 3 is 2.70 bits per heavy atom. The van der Waals surface area contributed by atoms with Gasteiger partial charge in [-0.3, -0.25) is 4.79 Å². The Morgan fingerprint density at radius 1 is 1.22 bits per heavy atom. The van der Waals surface area contributed by atoms with E-state index in [0.717, 1.165) is 11.1 Å². The minimum atomic E-state index is -4.24. The monoisotopic (exact) mass is 327 g/mol. The minimum Gasteiger partial charge on any atom is -0.390 e. The van der Waals surface area contributed by atoms with Crippen LogP contribution in [-0.4, -0.2) is 23.3 Å². The second-order valence-electron chi connectivity index (χ2n) is 6.56. The van der Waals surface area contributed by atoms with Crippen molar-refractivity contribution in [3.8, 4) is 0 Å². The topological polar surface area (TPSA) is 49.3 Å². The normalized spacial score (nSPS) is 30.8. The highest BCUT2D eigenvalue weighted by Crippen LogP contribution is 2.40. The van der Waals surface area contributed by atoms with Crippen LogP contribution in [0.5, 0.6) is 0 Å². The molecular formula is C17H20F3NO2. The van der Waals surface area contributed by atoms with Crippen LogP contribution in [0.15, 0.2) is 24.3 Å². The Hall–Kier alpha value is -1.56. The molecule has 4 atom stereocenters. The van der Waals surface area contributed by atoms with Gasteiger partial charge in [0.25, 0.3) is 0 Å². The third kappa shape index (κ3) is 3.37. The van der Waals surface area contributed by atoms with Gasteiger partial charge in [0.05, 0.1) is 18.1 Å². The lowest BCUT2D eigenvalue weighted by molar-refractivity contribution is -0.186. The van der Waals surface area contributed by atoms with E-state index in [4.69, 9.17) is 0 Å². The van der Waals surface area contributed by atoms with Crippen LogP contribution >= 0.6 is 0 Å². The SMILES string of the molecule is O=C(NC1c2ccccc2CC1O)C1CCCC(C(F)(F)F)C1. The summed E-state index contributed by atoms with van der Waals surface area (Å²) in [6.07, 6.45) is -3.68. The largest absolute Gasteiger partial charge is 0.391 e. The molecule has 3 nitrogen and oxygen atoms in total. The Bertz CT molecular complexity index is 587. The average molecular weight is 327 g/mol. The first-order chi connectivity index (χ1) is 10.9. The van der Waals surface area contributed by atoms with E-state index in [2.05, 4.69) is 5.32 Å². The van der Waals surface area contributed by atoms with Crippen LogP contribution in [0, 0.1) is 11.8 Å². The summed E-state index contributed by atoms with van der Waals surface area (Å²) in [6.45, 7) is 0. The number of benzene rings is 1. The van der Waals surface area contributed by atoms with Crippen molar-refractivity contribution >= 4 is 5.91 Å². The predicted octanol–water partition coefficient (Wildman–Crippen LogP) is 3.13. The quantitative estimate of drug-likeness (QED) is 0.877. The maximum atomic E-state index is 12.9. The highest BCUT2D eigenvalue weighted by molar-refractivity contribution is 5.79. The second kappa shape index (κ2) is 6.15. The second-order valence-corrected chi connectivity index (χ2v) is 6.56. The van der Waals surface area contributed by atoms with Gasteiger partial charge in [-0.05, 0) is 30.4 Å². The first kappa shape index (κ1) is 16.3. The predicted molar refractivity (Wildman–Crippen MR) is 78.5 cm³/mol. The number of carbonyl (C=O) groups is 1. The molecule has 126 valence electrons. The highest BCUT2D eigenvalue weighted by Gasteiger charge is 2.44. The number of hydrogen-bond acceptors (Lipinski definition) is 2. The molecule has 0 heterocycles. The zero-order valence-corrected chi connectivity index (χ0v) is 12.6. The number of halogens is 3. The number of aliphatic hydroxyl groups is 1. The minimum absolute atomic E-state index is 0.0994. The molecule has 0 radical (unpaired) electrons. The fraction of sp³-hybridized carbons (Fsp3) is 0.588. The van der Waals surface area contributed by atoms with Crippen molar-refractivity contribution < 1.29 is 23.1 Å². The zero-order valence-electron chi connectivity index (χ0n) is 12.6. The number of carbonyl (C=O) groups excluding carboxylic acids is 1. The highest BCUT2D eigenvalue weighted by atomic mass is 19.4. The van der Waals surface area contributed by atoms with Gasteiger partial charge in [-0.25, -0.2) is 0 Å². The molecule has 1 aromatic rings. The molecule has 1 saturated carbocycles. The standard InChI is InChI=1S/C17H20F3NO2/c18-17(19,20)12-6-3-5-11(8-12)16(23)21-15-13-7-2-1-4-10(13)9-14(15)22/h1-2,4,7,11-12,14-15,22H,3,5-6,8-9H2,(H,21,23). The Balaban J connectivity index is 1.68. The van der Waals surface area contributed by atoms with Crippen molar-refractivity contribution in [1.82, 2.24) is 5.32 Å². The zero-order chi connectivity index (χ0) is 16.6. The van der Waals surface area contributed by atoms with Crippen LogP contribution < -0.4 is 5.32 Å². The molecule has 2 N–H and O–H groups in total. The lowest BCUT2D eigenvalue weighted by Crippen LogP contribution is -2.41. The summed E-state index contributed by atoms with van der Waals surface area (Å²) in [6, 6.07) is 6.91. The number of alkyl halides is 3. The lowest BCUT2D eigenvalue weighted by atomic mass is 9.80. The van der Waals surface area contributed by atoms with Crippen molar-refractivity contribution in [2.75, 3.05) is 0 Å². The number of hydrogen-bond donors (Lipinski definition) is 2. The third-order valence-electron chi connectivity index (χ3n) is 5.01. The van der Waals surface area contributed by atoms with Gasteiger partial charge in [-0.1, -0.05) is 30.7 Å². The summed E-state index contributed by atoms with van der Waals surface area (Å²) < 4.78 is 38.6. The summed E-state index contributed by atoms with van der Waals surface area (Å²) in [7, 11) is 0. The van der Waals surface area contributed by atoms with Crippen molar-refractivity contribution in [2.24, 2.45) is 11.8 Å². The summed E-state index contributed by atoms with van der Waals surface area (Å²) in [5, 5.41) is 12.9. The fourth-order valence-corrected chi connectivity index (χ4v) is 3.74. The molecule has 0 saturated heterocycles. The van der Waals surface area contributed by atoms with Gasteiger partial charge < -0.3 is 10.4 Å².